The largest absolute Gasteiger partial charge is 0.433 e. The molecule has 2 aliphatic heterocycles. The first-order chi connectivity index (χ1) is 19.0. The van der Waals surface area contributed by atoms with Gasteiger partial charge in [-0.15, -0.1) is 24.2 Å². The molecule has 2 N–H and O–H groups in total. The van der Waals surface area contributed by atoms with Crippen LogP contribution in [0.2, 0.25) is 0 Å². The Morgan fingerprint density at radius 1 is 1.07 bits per heavy atom. The number of benzene rings is 1. The molecule has 0 radical (unpaired) electrons. The van der Waals surface area contributed by atoms with E-state index in [1.165, 1.54) is 54.3 Å². The van der Waals surface area contributed by atoms with Crippen molar-refractivity contribution >= 4 is 65.4 Å². The van der Waals surface area contributed by atoms with Crippen molar-refractivity contribution in [2.45, 2.75) is 69.6 Å². The van der Waals surface area contributed by atoms with Crippen molar-refractivity contribution in [3.05, 3.63) is 35.9 Å². The normalized spacial score (nSPS) is 21.3. The average molecular weight is 634 g/mol. The van der Waals surface area contributed by atoms with Gasteiger partial charge in [0.1, 0.15) is 12.1 Å². The zero-order valence-corrected chi connectivity index (χ0v) is 26.1. The molecule has 1 aromatic carbocycles. The molecule has 0 spiro atoms. The van der Waals surface area contributed by atoms with Gasteiger partial charge in [-0.2, -0.15) is 11.8 Å². The Kier molecular flexibility index (Phi) is 14.6. The minimum atomic E-state index is -0.675. The van der Waals surface area contributed by atoms with Crippen LogP contribution in [0.4, 0.5) is 4.79 Å². The molecule has 2 saturated heterocycles. The maximum absolute atomic E-state index is 13.5. The zero-order valence-electron chi connectivity index (χ0n) is 22.9. The third-order valence-electron chi connectivity index (χ3n) is 7.78. The van der Waals surface area contributed by atoms with Gasteiger partial charge in [0.15, 0.2) is 6.07 Å². The van der Waals surface area contributed by atoms with Crippen molar-refractivity contribution < 1.29 is 19.1 Å². The molecule has 40 heavy (non-hydrogen) atoms. The second kappa shape index (κ2) is 17.6. The summed E-state index contributed by atoms with van der Waals surface area (Å²) in [4.78, 5) is 42.8. The molecule has 0 bridgehead atoms. The van der Waals surface area contributed by atoms with E-state index in [2.05, 4.69) is 39.8 Å². The van der Waals surface area contributed by atoms with Crippen LogP contribution in [0.5, 0.6) is 0 Å². The molecule has 3 amide bonds. The highest BCUT2D eigenvalue weighted by atomic mass is 35.5. The molecular formula is C28H42Cl2N4O4S2. The van der Waals surface area contributed by atoms with E-state index in [0.717, 1.165) is 38.2 Å². The third-order valence-corrected chi connectivity index (χ3v) is 10.2. The topological polar surface area (TPSA) is 91.0 Å². The fourth-order valence-corrected chi connectivity index (χ4v) is 8.01. The molecular weight excluding hydrogens is 591 g/mol. The molecule has 1 saturated carbocycles. The Hall–Kier alpha value is -1.33. The highest BCUT2D eigenvalue weighted by molar-refractivity contribution is 7.99. The summed E-state index contributed by atoms with van der Waals surface area (Å²) in [6, 6.07) is 8.95. The molecule has 1 aromatic rings. The monoisotopic (exact) mass is 632 g/mol. The summed E-state index contributed by atoms with van der Waals surface area (Å²) >= 11 is 8.79. The standard InChI is InChI=1S/C28H41ClN4O4S2.ClH/c29-19-37-28(36)33-20-39-18-25(33)27(35)31-24(17-38-16-22-9-5-2-6-10-22)26(34)30-23-11-13-32(14-12-23)15-21-7-3-1-4-8-21;/h1,3-4,7-8,22-25H,2,5-6,9-20H2,(H,30,34)(H,31,35);1H/t24-,25-;/m0./s1. The fourth-order valence-electron chi connectivity index (χ4n) is 5.51. The van der Waals surface area contributed by atoms with Gasteiger partial charge in [-0.1, -0.05) is 61.2 Å². The first kappa shape index (κ1) is 33.2. The van der Waals surface area contributed by atoms with E-state index >= 15 is 0 Å². The van der Waals surface area contributed by atoms with Gasteiger partial charge in [0.05, 0.1) is 5.88 Å². The Labute approximate surface area is 257 Å². The summed E-state index contributed by atoms with van der Waals surface area (Å²) in [7, 11) is 0. The van der Waals surface area contributed by atoms with Gasteiger partial charge in [-0.25, -0.2) is 4.79 Å². The van der Waals surface area contributed by atoms with Crippen molar-refractivity contribution in [1.82, 2.24) is 20.4 Å². The molecule has 0 aromatic heterocycles. The number of piperidine rings is 1. The number of carbonyl (C=O) groups is 3. The minimum Gasteiger partial charge on any atom is -0.433 e. The predicted molar refractivity (Wildman–Crippen MR) is 166 cm³/mol. The lowest BCUT2D eigenvalue weighted by Gasteiger charge is -2.33. The highest BCUT2D eigenvalue weighted by Crippen LogP contribution is 2.27. The van der Waals surface area contributed by atoms with Gasteiger partial charge in [-0.3, -0.25) is 19.4 Å². The third kappa shape index (κ3) is 10.2. The van der Waals surface area contributed by atoms with E-state index in [1.807, 2.05) is 6.07 Å². The number of amides is 3. The first-order valence-corrected chi connectivity index (χ1v) is 16.9. The van der Waals surface area contributed by atoms with Crippen LogP contribution in [0.25, 0.3) is 0 Å². The van der Waals surface area contributed by atoms with Crippen LogP contribution in [-0.2, 0) is 20.9 Å². The van der Waals surface area contributed by atoms with Crippen molar-refractivity contribution in [2.75, 3.05) is 42.3 Å². The van der Waals surface area contributed by atoms with Crippen LogP contribution in [0.3, 0.4) is 0 Å². The second-order valence-corrected chi connectivity index (χ2v) is 12.9. The lowest BCUT2D eigenvalue weighted by molar-refractivity contribution is -0.130. The summed E-state index contributed by atoms with van der Waals surface area (Å²) in [5.41, 5.74) is 1.30. The highest BCUT2D eigenvalue weighted by Gasteiger charge is 2.37. The minimum absolute atomic E-state index is 0. The van der Waals surface area contributed by atoms with Crippen molar-refractivity contribution in [3.8, 4) is 0 Å². The van der Waals surface area contributed by atoms with Crippen LogP contribution < -0.4 is 10.6 Å². The van der Waals surface area contributed by atoms with E-state index in [-0.39, 0.29) is 36.3 Å². The number of thioether (sulfide) groups is 2. The number of carbonyl (C=O) groups excluding carboxylic acids is 3. The number of nitrogens with one attached hydrogen (secondary N) is 2. The van der Waals surface area contributed by atoms with E-state index in [4.69, 9.17) is 16.3 Å². The number of hydrogen-bond acceptors (Lipinski definition) is 7. The van der Waals surface area contributed by atoms with Gasteiger partial charge in [-0.05, 0) is 42.9 Å². The quantitative estimate of drug-likeness (QED) is 0.342. The summed E-state index contributed by atoms with van der Waals surface area (Å²) in [5, 5.41) is 6.20. The van der Waals surface area contributed by atoms with Crippen LogP contribution in [0.15, 0.2) is 30.3 Å². The smallest absolute Gasteiger partial charge is 0.412 e. The summed E-state index contributed by atoms with van der Waals surface area (Å²) < 4.78 is 4.91. The lowest BCUT2D eigenvalue weighted by Crippen LogP contribution is -2.56. The van der Waals surface area contributed by atoms with Crippen LogP contribution in [0, 0.1) is 5.92 Å². The van der Waals surface area contributed by atoms with Gasteiger partial charge in [0, 0.05) is 37.2 Å². The number of rotatable bonds is 11. The Morgan fingerprint density at radius 2 is 1.80 bits per heavy atom. The van der Waals surface area contributed by atoms with Gasteiger partial charge in [0.25, 0.3) is 0 Å². The lowest BCUT2D eigenvalue weighted by atomic mass is 9.91. The van der Waals surface area contributed by atoms with Crippen LogP contribution in [-0.4, -0.2) is 88.1 Å². The van der Waals surface area contributed by atoms with Crippen LogP contribution in [0.1, 0.15) is 50.5 Å². The molecule has 2 atom stereocenters. The number of alkyl halides is 1. The molecule has 12 heteroatoms. The number of halogens is 2. The number of likely N-dealkylation sites (tertiary alicyclic amines) is 1. The first-order valence-electron chi connectivity index (χ1n) is 14.1. The molecule has 2 heterocycles. The summed E-state index contributed by atoms with van der Waals surface area (Å²) in [5.74, 6) is 2.58. The number of nitrogens with zero attached hydrogens (tertiary/aromatic N) is 2. The molecule has 3 aliphatic rings. The van der Waals surface area contributed by atoms with E-state index in [0.29, 0.717) is 23.3 Å². The zero-order chi connectivity index (χ0) is 27.5. The number of hydrogen-bond donors (Lipinski definition) is 2. The predicted octanol–water partition coefficient (Wildman–Crippen LogP) is 4.70. The second-order valence-electron chi connectivity index (χ2n) is 10.7. The Balaban J connectivity index is 0.00000441. The Morgan fingerprint density at radius 3 is 2.50 bits per heavy atom. The van der Waals surface area contributed by atoms with Crippen LogP contribution >= 0.6 is 47.5 Å². The molecule has 4 rings (SSSR count). The SMILES string of the molecule is Cl.O=C(NC1CCN(Cc2ccccc2)CC1)[C@H](CSCC1CCCCC1)NC(=O)[C@@H]1CSCN1C(=O)OCCl. The average Bonchev–Trinajstić information content (AvgIpc) is 3.45. The van der Waals surface area contributed by atoms with E-state index in [9.17, 15) is 14.4 Å². The Bertz CT molecular complexity index is 934. The van der Waals surface area contributed by atoms with Crippen molar-refractivity contribution in [2.24, 2.45) is 5.92 Å². The molecule has 224 valence electrons. The summed E-state index contributed by atoms with van der Waals surface area (Å²) in [6.07, 6.45) is 7.52. The fraction of sp³-hybridized carbons (Fsp3) is 0.679. The molecule has 1 aliphatic carbocycles. The van der Waals surface area contributed by atoms with E-state index in [1.54, 1.807) is 11.8 Å². The molecule has 3 fully saturated rings. The maximum Gasteiger partial charge on any atom is 0.412 e. The summed E-state index contributed by atoms with van der Waals surface area (Å²) in [6.45, 7) is 2.76. The van der Waals surface area contributed by atoms with Gasteiger partial charge >= 0.3 is 6.09 Å². The number of ether oxygens (including phenoxy) is 1. The molecule has 0 unspecified atom stereocenters. The van der Waals surface area contributed by atoms with Crippen molar-refractivity contribution in [3.63, 3.8) is 0 Å². The molecule has 8 nitrogen and oxygen atoms in total. The van der Waals surface area contributed by atoms with Gasteiger partial charge in [0.2, 0.25) is 11.8 Å². The van der Waals surface area contributed by atoms with Crippen molar-refractivity contribution in [1.29, 1.82) is 0 Å². The van der Waals surface area contributed by atoms with Gasteiger partial charge < -0.3 is 15.4 Å². The maximum atomic E-state index is 13.5. The van der Waals surface area contributed by atoms with E-state index < -0.39 is 18.2 Å².